The van der Waals surface area contributed by atoms with Crippen LogP contribution in [0.2, 0.25) is 5.02 Å². The SMILES string of the molecule is CC(C)C1CCN(C)C1.CCc1ccccc1C.Cc1ccc(C)c(Cl)c1.O=Cc1cc(F)cc(F)c1. The molecule has 0 radical (unpaired) electrons. The fourth-order valence-corrected chi connectivity index (χ4v) is 4.10. The number of likely N-dealkylation sites (tertiary alicyclic amines) is 1. The van der Waals surface area contributed by atoms with Gasteiger partial charge in [-0.25, -0.2) is 8.78 Å². The van der Waals surface area contributed by atoms with Crippen LogP contribution in [0.15, 0.2) is 60.7 Å². The molecule has 37 heavy (non-hydrogen) atoms. The van der Waals surface area contributed by atoms with Crippen LogP contribution in [0.4, 0.5) is 8.78 Å². The Balaban J connectivity index is 0.000000247. The summed E-state index contributed by atoms with van der Waals surface area (Å²) in [4.78, 5) is 12.4. The number of nitrogens with zero attached hydrogens (tertiary/aromatic N) is 1. The third kappa shape index (κ3) is 13.0. The summed E-state index contributed by atoms with van der Waals surface area (Å²) in [6.07, 6.45) is 2.95. The third-order valence-corrected chi connectivity index (χ3v) is 6.77. The molecule has 2 nitrogen and oxygen atoms in total. The first-order chi connectivity index (χ1) is 17.5. The second-order valence-corrected chi connectivity index (χ2v) is 10.3. The molecule has 4 rings (SSSR count). The molecule has 0 aliphatic carbocycles. The standard InChI is InChI=1S/C9H12.C8H9Cl.C8H17N.C7H4F2O/c1-3-9-7-5-4-6-8(9)2;1-6-3-4-7(2)8(9)5-6;1-7(2)8-4-5-9(3)6-8;8-6-1-5(4-10)2-7(9)3-6/h4-7H,3H2,1-2H3;3-5H,1-2H3;7-8H,4-6H2,1-3H3;1-4H. The summed E-state index contributed by atoms with van der Waals surface area (Å²) in [5.74, 6) is 0.383. The molecule has 5 heteroatoms. The van der Waals surface area contributed by atoms with Crippen molar-refractivity contribution in [2.24, 2.45) is 11.8 Å². The first kappa shape index (κ1) is 32.5. The average Bonchev–Trinajstić information content (AvgIpc) is 3.29. The van der Waals surface area contributed by atoms with Crippen molar-refractivity contribution >= 4 is 17.9 Å². The van der Waals surface area contributed by atoms with Crippen LogP contribution in [0.5, 0.6) is 0 Å². The minimum atomic E-state index is -0.734. The molecule has 3 aromatic rings. The summed E-state index contributed by atoms with van der Waals surface area (Å²) in [5.41, 5.74) is 5.22. The monoisotopic (exact) mass is 529 g/mol. The zero-order valence-electron chi connectivity index (χ0n) is 23.3. The van der Waals surface area contributed by atoms with E-state index in [1.807, 2.05) is 26.0 Å². The van der Waals surface area contributed by atoms with Crippen molar-refractivity contribution in [2.45, 2.75) is 54.4 Å². The molecule has 0 amide bonds. The lowest BCUT2D eigenvalue weighted by Gasteiger charge is -2.13. The molecular formula is C32H42ClF2NO. The van der Waals surface area contributed by atoms with E-state index in [2.05, 4.69) is 70.0 Å². The van der Waals surface area contributed by atoms with Gasteiger partial charge in [0.05, 0.1) is 0 Å². The summed E-state index contributed by atoms with van der Waals surface area (Å²) in [6, 6.07) is 17.2. The maximum absolute atomic E-state index is 12.2. The van der Waals surface area contributed by atoms with Crippen LogP contribution in [-0.4, -0.2) is 31.3 Å². The molecule has 0 saturated carbocycles. The normalized spacial score (nSPS) is 14.5. The summed E-state index contributed by atoms with van der Waals surface area (Å²) < 4.78 is 24.4. The summed E-state index contributed by atoms with van der Waals surface area (Å²) in [7, 11) is 2.21. The zero-order chi connectivity index (χ0) is 28.0. The Morgan fingerprint density at radius 2 is 1.59 bits per heavy atom. The first-order valence-corrected chi connectivity index (χ1v) is 13.2. The predicted octanol–water partition coefficient (Wildman–Crippen LogP) is 8.89. The Kier molecular flexibility index (Phi) is 15.0. The first-order valence-electron chi connectivity index (χ1n) is 12.8. The number of rotatable bonds is 3. The van der Waals surface area contributed by atoms with E-state index >= 15 is 0 Å². The molecule has 1 aliphatic heterocycles. The summed E-state index contributed by atoms with van der Waals surface area (Å²) >= 11 is 5.81. The maximum Gasteiger partial charge on any atom is 0.150 e. The van der Waals surface area contributed by atoms with Gasteiger partial charge in [0.25, 0.3) is 0 Å². The van der Waals surface area contributed by atoms with E-state index in [9.17, 15) is 13.6 Å². The molecule has 0 bridgehead atoms. The molecule has 3 aromatic carbocycles. The van der Waals surface area contributed by atoms with Gasteiger partial charge in [0, 0.05) is 23.2 Å². The van der Waals surface area contributed by atoms with Gasteiger partial charge < -0.3 is 4.90 Å². The number of aryl methyl sites for hydroxylation is 4. The van der Waals surface area contributed by atoms with Crippen LogP contribution < -0.4 is 0 Å². The van der Waals surface area contributed by atoms with E-state index in [0.717, 1.165) is 41.0 Å². The number of aldehydes is 1. The van der Waals surface area contributed by atoms with E-state index in [-0.39, 0.29) is 5.56 Å². The molecular weight excluding hydrogens is 488 g/mol. The van der Waals surface area contributed by atoms with Crippen molar-refractivity contribution in [2.75, 3.05) is 20.1 Å². The van der Waals surface area contributed by atoms with Gasteiger partial charge in [-0.1, -0.05) is 68.8 Å². The van der Waals surface area contributed by atoms with Crippen molar-refractivity contribution in [3.63, 3.8) is 0 Å². The van der Waals surface area contributed by atoms with Crippen LogP contribution >= 0.6 is 11.6 Å². The number of hydrogen-bond donors (Lipinski definition) is 0. The van der Waals surface area contributed by atoms with Gasteiger partial charge in [0.2, 0.25) is 0 Å². The van der Waals surface area contributed by atoms with E-state index in [4.69, 9.17) is 11.6 Å². The molecule has 1 heterocycles. The van der Waals surface area contributed by atoms with Crippen LogP contribution in [0.25, 0.3) is 0 Å². The van der Waals surface area contributed by atoms with Crippen molar-refractivity contribution in [3.05, 3.63) is 105 Å². The second kappa shape index (κ2) is 17.0. The van der Waals surface area contributed by atoms with Crippen LogP contribution in [-0.2, 0) is 6.42 Å². The third-order valence-electron chi connectivity index (χ3n) is 6.36. The number of halogens is 3. The zero-order valence-corrected chi connectivity index (χ0v) is 24.1. The molecule has 0 N–H and O–H groups in total. The molecule has 1 unspecified atom stereocenters. The van der Waals surface area contributed by atoms with E-state index in [1.54, 1.807) is 0 Å². The fraction of sp³-hybridized carbons (Fsp3) is 0.406. The van der Waals surface area contributed by atoms with Crippen LogP contribution in [0, 0.1) is 44.2 Å². The molecule has 202 valence electrons. The lowest BCUT2D eigenvalue weighted by Crippen LogP contribution is -2.16. The fourth-order valence-electron chi connectivity index (χ4n) is 3.86. The van der Waals surface area contributed by atoms with E-state index < -0.39 is 11.6 Å². The van der Waals surface area contributed by atoms with Gasteiger partial charge in [-0.05, 0) is 99.5 Å². The summed E-state index contributed by atoms with van der Waals surface area (Å²) in [5, 5.41) is 0.856. The summed E-state index contributed by atoms with van der Waals surface area (Å²) in [6.45, 7) is 15.6. The van der Waals surface area contributed by atoms with E-state index in [0.29, 0.717) is 12.4 Å². The number of benzene rings is 3. The highest BCUT2D eigenvalue weighted by molar-refractivity contribution is 6.31. The highest BCUT2D eigenvalue weighted by atomic mass is 35.5. The van der Waals surface area contributed by atoms with Crippen LogP contribution in [0.1, 0.15) is 59.8 Å². The van der Waals surface area contributed by atoms with Gasteiger partial charge in [-0.3, -0.25) is 4.79 Å². The van der Waals surface area contributed by atoms with Crippen molar-refractivity contribution < 1.29 is 13.6 Å². The van der Waals surface area contributed by atoms with Gasteiger partial charge in [-0.15, -0.1) is 0 Å². The van der Waals surface area contributed by atoms with Gasteiger partial charge in [0.1, 0.15) is 17.9 Å². The molecule has 1 saturated heterocycles. The minimum absolute atomic E-state index is 0.0116. The predicted molar refractivity (Wildman–Crippen MR) is 154 cm³/mol. The molecule has 1 atom stereocenters. The molecule has 0 aromatic heterocycles. The average molecular weight is 530 g/mol. The Morgan fingerprint density at radius 3 is 1.97 bits per heavy atom. The number of carbonyl (C=O) groups excluding carboxylic acids is 1. The van der Waals surface area contributed by atoms with E-state index in [1.165, 1.54) is 36.2 Å². The lowest BCUT2D eigenvalue weighted by atomic mass is 9.95. The maximum atomic E-state index is 12.2. The molecule has 1 fully saturated rings. The number of carbonyl (C=O) groups is 1. The van der Waals surface area contributed by atoms with Gasteiger partial charge in [-0.2, -0.15) is 0 Å². The van der Waals surface area contributed by atoms with Crippen molar-refractivity contribution in [3.8, 4) is 0 Å². The Hall–Kier alpha value is -2.56. The van der Waals surface area contributed by atoms with Gasteiger partial charge in [0.15, 0.2) is 0 Å². The Labute approximate surface area is 227 Å². The number of hydrogen-bond acceptors (Lipinski definition) is 2. The topological polar surface area (TPSA) is 20.3 Å². The van der Waals surface area contributed by atoms with Crippen molar-refractivity contribution in [1.29, 1.82) is 0 Å². The highest BCUT2D eigenvalue weighted by Crippen LogP contribution is 2.21. The smallest absolute Gasteiger partial charge is 0.150 e. The van der Waals surface area contributed by atoms with Gasteiger partial charge >= 0.3 is 0 Å². The van der Waals surface area contributed by atoms with Crippen LogP contribution in [0.3, 0.4) is 0 Å². The second-order valence-electron chi connectivity index (χ2n) is 9.91. The Morgan fingerprint density at radius 1 is 0.973 bits per heavy atom. The Bertz CT molecular complexity index is 1080. The quantitative estimate of drug-likeness (QED) is 0.316. The molecule has 1 aliphatic rings. The minimum Gasteiger partial charge on any atom is -0.306 e. The van der Waals surface area contributed by atoms with Crippen molar-refractivity contribution in [1.82, 2.24) is 4.90 Å². The largest absolute Gasteiger partial charge is 0.306 e. The highest BCUT2D eigenvalue weighted by Gasteiger charge is 2.21. The molecule has 0 spiro atoms. The lowest BCUT2D eigenvalue weighted by molar-refractivity contribution is 0.112.